The molecular weight excluding hydrogens is 408 g/mol. The number of fused-ring (bicyclic) bond motifs is 1. The predicted octanol–water partition coefficient (Wildman–Crippen LogP) is 4.84. The lowest BCUT2D eigenvalue weighted by molar-refractivity contribution is 0.00124. The zero-order valence-corrected chi connectivity index (χ0v) is 18.7. The maximum absolute atomic E-state index is 12.7. The van der Waals surface area contributed by atoms with Crippen molar-refractivity contribution in [3.63, 3.8) is 0 Å². The molecule has 2 aromatic rings. The molecule has 1 aliphatic rings. The van der Waals surface area contributed by atoms with Gasteiger partial charge in [-0.2, -0.15) is 0 Å². The SMILES string of the molecule is CCOC(=O)c1c(NC(=S)Nc2ccc(OC)cc2)sc2c1C[C@H](C(C)C)OC2. The molecule has 0 saturated heterocycles. The van der Waals surface area contributed by atoms with Crippen LogP contribution in [0.3, 0.4) is 0 Å². The van der Waals surface area contributed by atoms with Crippen molar-refractivity contribution >= 4 is 45.3 Å². The summed E-state index contributed by atoms with van der Waals surface area (Å²) in [5.74, 6) is 0.807. The molecule has 0 amide bonds. The van der Waals surface area contributed by atoms with E-state index in [1.54, 1.807) is 14.0 Å². The van der Waals surface area contributed by atoms with E-state index < -0.39 is 0 Å². The number of carbonyl (C=O) groups excluding carboxylic acids is 1. The standard InChI is InChI=1S/C21H26N2O4S2/c1-5-26-20(24)18-15-10-16(12(2)3)27-11-17(15)29-19(18)23-21(28)22-13-6-8-14(25-4)9-7-13/h6-9,12,16H,5,10-11H2,1-4H3,(H2,22,23,28)/t16-/m1/s1. The number of hydrogen-bond acceptors (Lipinski definition) is 6. The number of esters is 1. The summed E-state index contributed by atoms with van der Waals surface area (Å²) in [7, 11) is 1.62. The molecule has 0 aliphatic carbocycles. The Balaban J connectivity index is 1.82. The smallest absolute Gasteiger partial charge is 0.341 e. The van der Waals surface area contributed by atoms with Crippen LogP contribution in [-0.4, -0.2) is 30.9 Å². The van der Waals surface area contributed by atoms with Gasteiger partial charge in [0.05, 0.1) is 32.0 Å². The first-order chi connectivity index (χ1) is 13.9. The van der Waals surface area contributed by atoms with Gasteiger partial charge in [-0.25, -0.2) is 4.79 Å². The zero-order chi connectivity index (χ0) is 21.0. The molecule has 1 aromatic carbocycles. The second-order valence-corrected chi connectivity index (χ2v) is 8.55. The Hall–Kier alpha value is -2.16. The van der Waals surface area contributed by atoms with Gasteiger partial charge in [0.1, 0.15) is 10.8 Å². The summed E-state index contributed by atoms with van der Waals surface area (Å²) in [6.45, 7) is 6.87. The van der Waals surface area contributed by atoms with Crippen LogP contribution in [0.25, 0.3) is 0 Å². The third kappa shape index (κ3) is 5.07. The van der Waals surface area contributed by atoms with Crippen LogP contribution >= 0.6 is 23.6 Å². The first-order valence-electron chi connectivity index (χ1n) is 9.58. The van der Waals surface area contributed by atoms with Gasteiger partial charge in [0.2, 0.25) is 0 Å². The highest BCUT2D eigenvalue weighted by molar-refractivity contribution is 7.80. The maximum atomic E-state index is 12.7. The van der Waals surface area contributed by atoms with Crippen molar-refractivity contribution in [1.82, 2.24) is 0 Å². The molecule has 29 heavy (non-hydrogen) atoms. The van der Waals surface area contributed by atoms with Crippen LogP contribution in [0.2, 0.25) is 0 Å². The molecule has 156 valence electrons. The van der Waals surface area contributed by atoms with Crippen molar-refractivity contribution in [2.45, 2.75) is 39.9 Å². The van der Waals surface area contributed by atoms with E-state index in [-0.39, 0.29) is 12.1 Å². The molecule has 1 atom stereocenters. The first kappa shape index (κ1) is 21.5. The minimum absolute atomic E-state index is 0.0857. The molecular formula is C21H26N2O4S2. The van der Waals surface area contributed by atoms with E-state index in [1.165, 1.54) is 11.3 Å². The summed E-state index contributed by atoms with van der Waals surface area (Å²) in [4.78, 5) is 13.8. The molecule has 0 saturated carbocycles. The molecule has 0 fully saturated rings. The van der Waals surface area contributed by atoms with Crippen molar-refractivity contribution in [2.75, 3.05) is 24.4 Å². The molecule has 6 nitrogen and oxygen atoms in total. The minimum Gasteiger partial charge on any atom is -0.497 e. The fourth-order valence-electron chi connectivity index (χ4n) is 3.16. The number of ether oxygens (including phenoxy) is 3. The highest BCUT2D eigenvalue weighted by Gasteiger charge is 2.31. The number of thiocarbonyl (C=S) groups is 1. The molecule has 1 aliphatic heterocycles. The number of hydrogen-bond donors (Lipinski definition) is 2. The Labute approximate surface area is 180 Å². The van der Waals surface area contributed by atoms with Gasteiger partial charge in [-0.15, -0.1) is 11.3 Å². The van der Waals surface area contributed by atoms with Gasteiger partial charge in [-0.3, -0.25) is 0 Å². The van der Waals surface area contributed by atoms with Crippen molar-refractivity contribution in [3.05, 3.63) is 40.3 Å². The van der Waals surface area contributed by atoms with E-state index in [2.05, 4.69) is 24.5 Å². The van der Waals surface area contributed by atoms with E-state index in [0.29, 0.717) is 41.2 Å². The van der Waals surface area contributed by atoms with E-state index in [1.807, 2.05) is 24.3 Å². The van der Waals surface area contributed by atoms with E-state index >= 15 is 0 Å². The Morgan fingerprint density at radius 1 is 1.31 bits per heavy atom. The summed E-state index contributed by atoms with van der Waals surface area (Å²) in [5, 5.41) is 7.41. The zero-order valence-electron chi connectivity index (χ0n) is 17.0. The lowest BCUT2D eigenvalue weighted by atomic mass is 9.94. The summed E-state index contributed by atoms with van der Waals surface area (Å²) in [6, 6.07) is 7.45. The fourth-order valence-corrected chi connectivity index (χ4v) is 4.59. The molecule has 0 spiro atoms. The number of rotatable bonds is 6. The molecule has 0 bridgehead atoms. The second kappa shape index (κ2) is 9.56. The predicted molar refractivity (Wildman–Crippen MR) is 120 cm³/mol. The Bertz CT molecular complexity index is 878. The molecule has 0 radical (unpaired) electrons. The summed E-state index contributed by atoms with van der Waals surface area (Å²) >= 11 is 6.96. The number of anilines is 2. The van der Waals surface area contributed by atoms with Crippen LogP contribution in [0.15, 0.2) is 24.3 Å². The van der Waals surface area contributed by atoms with Crippen molar-refractivity contribution in [2.24, 2.45) is 5.92 Å². The maximum Gasteiger partial charge on any atom is 0.341 e. The molecule has 0 unspecified atom stereocenters. The van der Waals surface area contributed by atoms with Crippen molar-refractivity contribution in [3.8, 4) is 5.75 Å². The number of methoxy groups -OCH3 is 1. The van der Waals surface area contributed by atoms with Gasteiger partial charge in [-0.1, -0.05) is 13.8 Å². The van der Waals surface area contributed by atoms with E-state index in [9.17, 15) is 4.79 Å². The molecule has 8 heteroatoms. The normalized spacial score (nSPS) is 15.6. The third-order valence-electron chi connectivity index (χ3n) is 4.72. The Morgan fingerprint density at radius 2 is 2.03 bits per heavy atom. The monoisotopic (exact) mass is 434 g/mol. The Morgan fingerprint density at radius 3 is 2.66 bits per heavy atom. The molecule has 1 aromatic heterocycles. The van der Waals surface area contributed by atoms with Crippen molar-refractivity contribution in [1.29, 1.82) is 0 Å². The van der Waals surface area contributed by atoms with Crippen LogP contribution in [-0.2, 0) is 22.5 Å². The van der Waals surface area contributed by atoms with Gasteiger partial charge in [0, 0.05) is 17.0 Å². The molecule has 2 heterocycles. The van der Waals surface area contributed by atoms with Crippen LogP contribution in [0.1, 0.15) is 41.6 Å². The summed E-state index contributed by atoms with van der Waals surface area (Å²) < 4.78 is 16.5. The minimum atomic E-state index is -0.329. The van der Waals surface area contributed by atoms with Gasteiger partial charge in [-0.05, 0) is 54.9 Å². The van der Waals surface area contributed by atoms with Crippen LogP contribution in [0.4, 0.5) is 10.7 Å². The van der Waals surface area contributed by atoms with E-state index in [4.69, 9.17) is 26.4 Å². The van der Waals surface area contributed by atoms with Gasteiger partial charge in [0.25, 0.3) is 0 Å². The number of thiophene rings is 1. The summed E-state index contributed by atoms with van der Waals surface area (Å²) in [6.07, 6.45) is 0.778. The summed E-state index contributed by atoms with van der Waals surface area (Å²) in [5.41, 5.74) is 2.40. The van der Waals surface area contributed by atoms with Gasteiger partial charge < -0.3 is 24.8 Å². The van der Waals surface area contributed by atoms with Crippen LogP contribution < -0.4 is 15.4 Å². The molecule has 3 rings (SSSR count). The van der Waals surface area contributed by atoms with Crippen molar-refractivity contribution < 1.29 is 19.0 Å². The number of carbonyl (C=O) groups is 1. The lowest BCUT2D eigenvalue weighted by Crippen LogP contribution is -2.27. The van der Waals surface area contributed by atoms with Gasteiger partial charge >= 0.3 is 5.97 Å². The van der Waals surface area contributed by atoms with E-state index in [0.717, 1.165) is 21.9 Å². The first-order valence-corrected chi connectivity index (χ1v) is 10.8. The van der Waals surface area contributed by atoms with Crippen LogP contribution in [0.5, 0.6) is 5.75 Å². The highest BCUT2D eigenvalue weighted by atomic mass is 32.1. The van der Waals surface area contributed by atoms with Crippen LogP contribution in [0, 0.1) is 5.92 Å². The third-order valence-corrected chi connectivity index (χ3v) is 6.05. The topological polar surface area (TPSA) is 68.8 Å². The highest BCUT2D eigenvalue weighted by Crippen LogP contribution is 2.39. The largest absolute Gasteiger partial charge is 0.497 e. The second-order valence-electron chi connectivity index (χ2n) is 7.03. The number of benzene rings is 1. The average Bonchev–Trinajstić information content (AvgIpc) is 3.05. The van der Waals surface area contributed by atoms with Gasteiger partial charge in [0.15, 0.2) is 5.11 Å². The quantitative estimate of drug-likeness (QED) is 0.498. The fraction of sp³-hybridized carbons (Fsp3) is 0.429. The average molecular weight is 435 g/mol. The lowest BCUT2D eigenvalue weighted by Gasteiger charge is -2.26. The molecule has 2 N–H and O–H groups in total. The number of nitrogens with one attached hydrogen (secondary N) is 2. The Kier molecular flexibility index (Phi) is 7.10.